The first kappa shape index (κ1) is 30.8. The summed E-state index contributed by atoms with van der Waals surface area (Å²) >= 11 is 0. The van der Waals surface area contributed by atoms with Crippen molar-refractivity contribution in [2.75, 3.05) is 49.9 Å². The lowest BCUT2D eigenvalue weighted by Crippen LogP contribution is -2.43. The van der Waals surface area contributed by atoms with E-state index in [-0.39, 0.29) is 11.8 Å². The molecule has 0 unspecified atom stereocenters. The summed E-state index contributed by atoms with van der Waals surface area (Å²) in [4.78, 5) is 41.0. The van der Waals surface area contributed by atoms with E-state index in [0.29, 0.717) is 62.1 Å². The molecule has 0 radical (unpaired) electrons. The third-order valence-corrected chi connectivity index (χ3v) is 9.42. The van der Waals surface area contributed by atoms with Crippen LogP contribution in [0.4, 0.5) is 11.4 Å². The number of likely N-dealkylation sites (tertiary alicyclic amines) is 1. The van der Waals surface area contributed by atoms with Crippen molar-refractivity contribution in [1.29, 1.82) is 10.8 Å². The van der Waals surface area contributed by atoms with Crippen LogP contribution in [0, 0.1) is 23.2 Å². The molecule has 1 spiro atoms. The van der Waals surface area contributed by atoms with Crippen molar-refractivity contribution in [2.24, 2.45) is 16.1 Å². The summed E-state index contributed by atoms with van der Waals surface area (Å²) in [5.74, 6) is 0.458. The SMILES string of the molecule is Cc1cc(C(=N)c2cc(N3CC[C@]4(CCN(CC(=O)N5CC=C(c6ccc(C(N)=NC=N)cc6)CC5)C4)C3=O)ccc2N)ccn1. The number of hydrogen-bond acceptors (Lipinski definition) is 7. The minimum absolute atomic E-state index is 0.0758. The van der Waals surface area contributed by atoms with Crippen LogP contribution in [-0.2, 0) is 9.59 Å². The first-order valence-corrected chi connectivity index (χ1v) is 15.5. The number of benzene rings is 2. The average molecular weight is 618 g/mol. The highest BCUT2D eigenvalue weighted by molar-refractivity contribution is 6.15. The van der Waals surface area contributed by atoms with Crippen LogP contribution in [0.3, 0.4) is 0 Å². The molecule has 11 heteroatoms. The molecular formula is C35H39N9O2. The highest BCUT2D eigenvalue weighted by Gasteiger charge is 2.51. The zero-order chi connectivity index (χ0) is 32.4. The summed E-state index contributed by atoms with van der Waals surface area (Å²) in [5.41, 5.74) is 18.3. The second kappa shape index (κ2) is 12.7. The van der Waals surface area contributed by atoms with Gasteiger partial charge >= 0.3 is 0 Å². The van der Waals surface area contributed by atoms with Crippen LogP contribution in [0.25, 0.3) is 5.57 Å². The Bertz CT molecular complexity index is 1760. The number of carbonyl (C=O) groups excluding carboxylic acids is 2. The second-order valence-electron chi connectivity index (χ2n) is 12.3. The Kier molecular flexibility index (Phi) is 8.50. The van der Waals surface area contributed by atoms with Crippen molar-refractivity contribution < 1.29 is 9.59 Å². The highest BCUT2D eigenvalue weighted by Crippen LogP contribution is 2.43. The minimum atomic E-state index is -0.508. The predicted molar refractivity (Wildman–Crippen MR) is 181 cm³/mol. The molecule has 0 saturated carbocycles. The fourth-order valence-corrected chi connectivity index (χ4v) is 6.77. The number of nitrogens with one attached hydrogen (secondary N) is 2. The van der Waals surface area contributed by atoms with E-state index in [1.165, 1.54) is 5.57 Å². The number of hydrogen-bond donors (Lipinski definition) is 4. The van der Waals surface area contributed by atoms with E-state index >= 15 is 0 Å². The van der Waals surface area contributed by atoms with Gasteiger partial charge in [0, 0.05) is 66.1 Å². The number of amidine groups is 1. The molecule has 3 aromatic rings. The topological polar surface area (TPSA) is 169 Å². The molecular weight excluding hydrogens is 578 g/mol. The van der Waals surface area contributed by atoms with Gasteiger partial charge in [-0.15, -0.1) is 0 Å². The van der Waals surface area contributed by atoms with Gasteiger partial charge in [0.05, 0.1) is 17.7 Å². The maximum atomic E-state index is 13.9. The van der Waals surface area contributed by atoms with Gasteiger partial charge in [0.2, 0.25) is 11.8 Å². The third-order valence-electron chi connectivity index (χ3n) is 9.42. The van der Waals surface area contributed by atoms with Gasteiger partial charge in [-0.3, -0.25) is 30.3 Å². The van der Waals surface area contributed by atoms with E-state index in [2.05, 4.69) is 21.0 Å². The maximum absolute atomic E-state index is 13.9. The van der Waals surface area contributed by atoms with Gasteiger partial charge in [0.25, 0.3) is 0 Å². The third kappa shape index (κ3) is 6.05. The predicted octanol–water partition coefficient (Wildman–Crippen LogP) is 3.45. The van der Waals surface area contributed by atoms with Gasteiger partial charge in [-0.25, -0.2) is 4.99 Å². The second-order valence-corrected chi connectivity index (χ2v) is 12.3. The molecule has 46 heavy (non-hydrogen) atoms. The largest absolute Gasteiger partial charge is 0.398 e. The number of aryl methyl sites for hydroxylation is 1. The molecule has 4 heterocycles. The molecule has 1 atom stereocenters. The van der Waals surface area contributed by atoms with Crippen LogP contribution in [-0.4, -0.2) is 83.8 Å². The van der Waals surface area contributed by atoms with Crippen LogP contribution < -0.4 is 16.4 Å². The van der Waals surface area contributed by atoms with Crippen molar-refractivity contribution in [3.63, 3.8) is 0 Å². The number of nitrogen functional groups attached to an aromatic ring is 1. The number of aromatic nitrogens is 1. The van der Waals surface area contributed by atoms with E-state index in [4.69, 9.17) is 22.3 Å². The summed E-state index contributed by atoms with van der Waals surface area (Å²) in [6.45, 7) is 5.23. The molecule has 3 aliphatic rings. The number of carbonyl (C=O) groups is 2. The molecule has 236 valence electrons. The van der Waals surface area contributed by atoms with E-state index in [1.54, 1.807) is 18.3 Å². The van der Waals surface area contributed by atoms with Crippen molar-refractivity contribution in [3.8, 4) is 0 Å². The van der Waals surface area contributed by atoms with Gasteiger partial charge in [-0.05, 0) is 74.2 Å². The quantitative estimate of drug-likeness (QED) is 0.171. The first-order valence-electron chi connectivity index (χ1n) is 15.5. The molecule has 2 aromatic carbocycles. The summed E-state index contributed by atoms with van der Waals surface area (Å²) in [7, 11) is 0. The molecule has 2 saturated heterocycles. The number of nitrogens with two attached hydrogens (primary N) is 2. The molecule has 6 rings (SSSR count). The zero-order valence-corrected chi connectivity index (χ0v) is 26.0. The van der Waals surface area contributed by atoms with Crippen LogP contribution in [0.2, 0.25) is 0 Å². The molecule has 6 N–H and O–H groups in total. The number of anilines is 2. The number of pyridine rings is 1. The molecule has 3 aliphatic heterocycles. The van der Waals surface area contributed by atoms with E-state index < -0.39 is 5.41 Å². The van der Waals surface area contributed by atoms with Gasteiger partial charge in [-0.2, -0.15) is 0 Å². The van der Waals surface area contributed by atoms with E-state index in [1.807, 2.05) is 59.2 Å². The fraction of sp³-hybridized carbons (Fsp3) is 0.314. The Morgan fingerprint density at radius 1 is 1.07 bits per heavy atom. The van der Waals surface area contributed by atoms with Crippen LogP contribution in [0.5, 0.6) is 0 Å². The Labute approximate surface area is 268 Å². The number of rotatable bonds is 8. The van der Waals surface area contributed by atoms with Crippen LogP contribution >= 0.6 is 0 Å². The van der Waals surface area contributed by atoms with Gasteiger partial charge in [0.1, 0.15) is 12.2 Å². The summed E-state index contributed by atoms with van der Waals surface area (Å²) < 4.78 is 0. The fourth-order valence-electron chi connectivity index (χ4n) is 6.77. The number of nitrogens with zero attached hydrogens (tertiary/aromatic N) is 5. The summed E-state index contributed by atoms with van der Waals surface area (Å²) in [6, 6.07) is 16.9. The molecule has 11 nitrogen and oxygen atoms in total. The van der Waals surface area contributed by atoms with Gasteiger partial charge in [0.15, 0.2) is 0 Å². The Hall–Kier alpha value is -5.16. The molecule has 0 bridgehead atoms. The van der Waals surface area contributed by atoms with Crippen molar-refractivity contribution in [1.82, 2.24) is 14.8 Å². The monoisotopic (exact) mass is 617 g/mol. The lowest BCUT2D eigenvalue weighted by Gasteiger charge is -2.29. The lowest BCUT2D eigenvalue weighted by molar-refractivity contribution is -0.132. The minimum Gasteiger partial charge on any atom is -0.398 e. The standard InChI is InChI=1S/C35H39N9O2/c1-23-18-27(8-13-40-23)32(38)29-19-28(6-7-30(29)37)44-17-12-35(34(44)46)11-16-42(21-35)20-31(45)43-14-9-25(10-15-43)24-2-4-26(5-3-24)33(39)41-22-36/h2-9,13,18-19,22,38H,10-12,14-17,20-21,37H2,1H3,(H3,36,39,41)/t35-/m0/s1. The lowest BCUT2D eigenvalue weighted by atomic mass is 9.85. The Balaban J connectivity index is 1.06. The Morgan fingerprint density at radius 3 is 2.57 bits per heavy atom. The van der Waals surface area contributed by atoms with Crippen molar-refractivity contribution in [2.45, 2.75) is 26.2 Å². The number of amides is 2. The molecule has 0 aliphatic carbocycles. The normalized spacial score (nSPS) is 20.3. The van der Waals surface area contributed by atoms with Gasteiger partial charge < -0.3 is 21.3 Å². The van der Waals surface area contributed by atoms with E-state index in [9.17, 15) is 9.59 Å². The molecule has 2 fully saturated rings. The summed E-state index contributed by atoms with van der Waals surface area (Å²) in [5, 5.41) is 15.9. The summed E-state index contributed by atoms with van der Waals surface area (Å²) in [6.07, 6.45) is 6.92. The number of aliphatic imine (C=N–C) groups is 1. The molecule has 2 amide bonds. The highest BCUT2D eigenvalue weighted by atomic mass is 16.2. The first-order chi connectivity index (χ1) is 22.2. The average Bonchev–Trinajstić information content (AvgIpc) is 3.63. The zero-order valence-electron chi connectivity index (χ0n) is 26.0. The van der Waals surface area contributed by atoms with E-state index in [0.717, 1.165) is 53.7 Å². The van der Waals surface area contributed by atoms with Crippen molar-refractivity contribution >= 4 is 46.6 Å². The van der Waals surface area contributed by atoms with Gasteiger partial charge in [-0.1, -0.05) is 30.3 Å². The van der Waals surface area contributed by atoms with Crippen LogP contribution in [0.1, 0.15) is 47.2 Å². The molecule has 1 aromatic heterocycles. The Morgan fingerprint density at radius 2 is 1.85 bits per heavy atom. The maximum Gasteiger partial charge on any atom is 0.237 e. The van der Waals surface area contributed by atoms with Crippen molar-refractivity contribution in [3.05, 3.63) is 94.8 Å². The van der Waals surface area contributed by atoms with Crippen LogP contribution in [0.15, 0.2) is 71.9 Å². The smallest absolute Gasteiger partial charge is 0.237 e.